The Kier molecular flexibility index (Phi) is 6.04. The van der Waals surface area contributed by atoms with Crippen molar-refractivity contribution in [1.82, 2.24) is 25.2 Å². The number of imidazole rings is 1. The molecule has 0 bridgehead atoms. The first-order chi connectivity index (χ1) is 12.2. The van der Waals surface area contributed by atoms with Crippen LogP contribution in [-0.4, -0.2) is 33.1 Å². The van der Waals surface area contributed by atoms with Gasteiger partial charge in [-0.1, -0.05) is 13.0 Å². The Bertz CT molecular complexity index is 654. The molecule has 2 heterocycles. The standard InChI is InChI=1S/C19H28N6/c1-3-21-19(24-17-7-4-15(2)5-8-17)23-13-16-6-9-18(22-12-16)25-11-10-20-14-25/h6,9-12,14-15,17H,3-5,7-8,13H2,1-2H3,(H2,21,23,24). The molecule has 25 heavy (non-hydrogen) atoms. The van der Waals surface area contributed by atoms with Gasteiger partial charge in [-0.25, -0.2) is 15.0 Å². The van der Waals surface area contributed by atoms with Crippen molar-refractivity contribution in [3.63, 3.8) is 0 Å². The molecule has 0 atom stereocenters. The van der Waals surface area contributed by atoms with Crippen molar-refractivity contribution in [2.24, 2.45) is 10.9 Å². The van der Waals surface area contributed by atoms with Crippen LogP contribution in [0.4, 0.5) is 0 Å². The minimum absolute atomic E-state index is 0.538. The predicted octanol–water partition coefficient (Wildman–Crippen LogP) is 2.90. The second-order valence-electron chi connectivity index (χ2n) is 6.79. The molecule has 1 saturated carbocycles. The molecule has 0 radical (unpaired) electrons. The van der Waals surface area contributed by atoms with Gasteiger partial charge in [0.2, 0.25) is 0 Å². The first-order valence-corrected chi connectivity index (χ1v) is 9.22. The number of nitrogens with one attached hydrogen (secondary N) is 2. The number of hydrogen-bond acceptors (Lipinski definition) is 3. The fourth-order valence-corrected chi connectivity index (χ4v) is 3.15. The summed E-state index contributed by atoms with van der Waals surface area (Å²) in [7, 11) is 0. The van der Waals surface area contributed by atoms with Gasteiger partial charge >= 0.3 is 0 Å². The minimum Gasteiger partial charge on any atom is -0.357 e. The number of aromatic nitrogens is 3. The molecular weight excluding hydrogens is 312 g/mol. The lowest BCUT2D eigenvalue weighted by atomic mass is 9.87. The van der Waals surface area contributed by atoms with E-state index in [-0.39, 0.29) is 0 Å². The first-order valence-electron chi connectivity index (χ1n) is 9.22. The van der Waals surface area contributed by atoms with Gasteiger partial charge in [-0.2, -0.15) is 0 Å². The van der Waals surface area contributed by atoms with E-state index in [0.29, 0.717) is 12.6 Å². The molecule has 2 aromatic heterocycles. The van der Waals surface area contributed by atoms with Crippen molar-refractivity contribution in [3.8, 4) is 5.82 Å². The molecule has 6 nitrogen and oxygen atoms in total. The molecule has 2 N–H and O–H groups in total. The van der Waals surface area contributed by atoms with Crippen LogP contribution in [0.5, 0.6) is 0 Å². The summed E-state index contributed by atoms with van der Waals surface area (Å²) < 4.78 is 1.89. The van der Waals surface area contributed by atoms with Crippen LogP contribution in [0.25, 0.3) is 5.82 Å². The maximum Gasteiger partial charge on any atom is 0.191 e. The van der Waals surface area contributed by atoms with Gasteiger partial charge in [-0.3, -0.25) is 4.57 Å². The lowest BCUT2D eigenvalue weighted by Gasteiger charge is -2.28. The molecule has 0 aliphatic heterocycles. The van der Waals surface area contributed by atoms with Crippen molar-refractivity contribution in [3.05, 3.63) is 42.6 Å². The maximum absolute atomic E-state index is 4.72. The van der Waals surface area contributed by atoms with Crippen LogP contribution >= 0.6 is 0 Å². The second-order valence-corrected chi connectivity index (χ2v) is 6.79. The third-order valence-corrected chi connectivity index (χ3v) is 4.70. The summed E-state index contributed by atoms with van der Waals surface area (Å²) in [5.74, 6) is 2.63. The van der Waals surface area contributed by atoms with E-state index >= 15 is 0 Å². The fraction of sp³-hybridized carbons (Fsp3) is 0.526. The van der Waals surface area contributed by atoms with Crippen LogP contribution in [0.1, 0.15) is 45.1 Å². The Hall–Kier alpha value is -2.37. The number of aliphatic imine (C=N–C) groups is 1. The number of pyridine rings is 1. The monoisotopic (exact) mass is 340 g/mol. The largest absolute Gasteiger partial charge is 0.357 e. The Morgan fingerprint density at radius 2 is 2.12 bits per heavy atom. The molecule has 2 aromatic rings. The average Bonchev–Trinajstić information content (AvgIpc) is 3.17. The van der Waals surface area contributed by atoms with Crippen LogP contribution in [0.15, 0.2) is 42.0 Å². The number of rotatable bonds is 5. The third kappa shape index (κ3) is 5.05. The van der Waals surface area contributed by atoms with Crippen molar-refractivity contribution < 1.29 is 0 Å². The van der Waals surface area contributed by atoms with Gasteiger partial charge in [0.1, 0.15) is 12.1 Å². The Morgan fingerprint density at radius 1 is 1.28 bits per heavy atom. The Labute approximate surface area is 149 Å². The molecule has 1 aliphatic carbocycles. The van der Waals surface area contributed by atoms with E-state index in [1.807, 2.05) is 23.0 Å². The highest BCUT2D eigenvalue weighted by Gasteiger charge is 2.18. The molecule has 1 aliphatic rings. The zero-order chi connectivity index (χ0) is 17.5. The van der Waals surface area contributed by atoms with Crippen molar-refractivity contribution in [2.45, 2.75) is 52.1 Å². The third-order valence-electron chi connectivity index (χ3n) is 4.70. The summed E-state index contributed by atoms with van der Waals surface area (Å²) in [4.78, 5) is 13.3. The van der Waals surface area contributed by atoms with Crippen LogP contribution in [0.2, 0.25) is 0 Å². The van der Waals surface area contributed by atoms with Gasteiger partial charge in [-0.15, -0.1) is 0 Å². The van der Waals surface area contributed by atoms with Crippen LogP contribution in [0.3, 0.4) is 0 Å². The highest BCUT2D eigenvalue weighted by Crippen LogP contribution is 2.23. The van der Waals surface area contributed by atoms with E-state index < -0.39 is 0 Å². The van der Waals surface area contributed by atoms with E-state index in [1.165, 1.54) is 25.7 Å². The molecule has 134 valence electrons. The SMILES string of the molecule is CCNC(=NCc1ccc(-n2ccnc2)nc1)NC1CCC(C)CC1. The van der Waals surface area contributed by atoms with Gasteiger partial charge < -0.3 is 10.6 Å². The summed E-state index contributed by atoms with van der Waals surface area (Å²) in [6.45, 7) is 5.93. The summed E-state index contributed by atoms with van der Waals surface area (Å²) in [6.07, 6.45) is 12.3. The summed E-state index contributed by atoms with van der Waals surface area (Å²) in [5.41, 5.74) is 1.10. The number of guanidine groups is 1. The number of nitrogens with zero attached hydrogens (tertiary/aromatic N) is 4. The smallest absolute Gasteiger partial charge is 0.191 e. The topological polar surface area (TPSA) is 67.1 Å². The van der Waals surface area contributed by atoms with Crippen LogP contribution in [-0.2, 0) is 6.54 Å². The molecule has 0 amide bonds. The zero-order valence-electron chi connectivity index (χ0n) is 15.2. The van der Waals surface area contributed by atoms with Gasteiger partial charge in [0, 0.05) is 31.2 Å². The van der Waals surface area contributed by atoms with Gasteiger partial charge in [0.15, 0.2) is 5.96 Å². The van der Waals surface area contributed by atoms with E-state index in [2.05, 4.69) is 40.5 Å². The summed E-state index contributed by atoms with van der Waals surface area (Å²) in [5, 5.41) is 6.94. The molecule has 6 heteroatoms. The quantitative estimate of drug-likeness (QED) is 0.649. The zero-order valence-corrected chi connectivity index (χ0v) is 15.2. The average molecular weight is 340 g/mol. The Morgan fingerprint density at radius 3 is 2.76 bits per heavy atom. The molecular formula is C19H28N6. The van der Waals surface area contributed by atoms with Gasteiger partial charge in [-0.05, 0) is 50.2 Å². The van der Waals surface area contributed by atoms with Crippen LogP contribution in [0, 0.1) is 5.92 Å². The van der Waals surface area contributed by atoms with Crippen molar-refractivity contribution in [2.75, 3.05) is 6.54 Å². The van der Waals surface area contributed by atoms with E-state index in [4.69, 9.17) is 4.99 Å². The Balaban J connectivity index is 1.59. The van der Waals surface area contributed by atoms with E-state index in [1.54, 1.807) is 12.5 Å². The first kappa shape index (κ1) is 17.5. The van der Waals surface area contributed by atoms with Gasteiger partial charge in [0.25, 0.3) is 0 Å². The molecule has 1 fully saturated rings. The van der Waals surface area contributed by atoms with Crippen molar-refractivity contribution >= 4 is 5.96 Å². The maximum atomic E-state index is 4.72. The highest BCUT2D eigenvalue weighted by atomic mass is 15.2. The van der Waals surface area contributed by atoms with E-state index in [9.17, 15) is 0 Å². The van der Waals surface area contributed by atoms with E-state index in [0.717, 1.165) is 29.8 Å². The van der Waals surface area contributed by atoms with Crippen LogP contribution < -0.4 is 10.6 Å². The lowest BCUT2D eigenvalue weighted by molar-refractivity contribution is 0.329. The van der Waals surface area contributed by atoms with Crippen molar-refractivity contribution in [1.29, 1.82) is 0 Å². The number of hydrogen-bond donors (Lipinski definition) is 2. The fourth-order valence-electron chi connectivity index (χ4n) is 3.15. The molecule has 0 saturated heterocycles. The highest BCUT2D eigenvalue weighted by molar-refractivity contribution is 5.80. The predicted molar refractivity (Wildman–Crippen MR) is 101 cm³/mol. The molecule has 0 aromatic carbocycles. The lowest BCUT2D eigenvalue weighted by Crippen LogP contribution is -2.44. The minimum atomic E-state index is 0.538. The van der Waals surface area contributed by atoms with Gasteiger partial charge in [0.05, 0.1) is 6.54 Å². The molecule has 0 spiro atoms. The second kappa shape index (κ2) is 8.65. The normalized spacial score (nSPS) is 21.1. The summed E-state index contributed by atoms with van der Waals surface area (Å²) in [6, 6.07) is 4.60. The molecule has 3 rings (SSSR count). The summed E-state index contributed by atoms with van der Waals surface area (Å²) >= 11 is 0. The molecule has 0 unspecified atom stereocenters.